The summed E-state index contributed by atoms with van der Waals surface area (Å²) in [5, 5.41) is 13.9. The van der Waals surface area contributed by atoms with Gasteiger partial charge in [0.15, 0.2) is 5.82 Å². The highest BCUT2D eigenvalue weighted by Crippen LogP contribution is 2.40. The molecule has 4 heterocycles. The minimum absolute atomic E-state index is 0.0977. The van der Waals surface area contributed by atoms with Gasteiger partial charge in [-0.3, -0.25) is 0 Å². The van der Waals surface area contributed by atoms with Gasteiger partial charge in [-0.1, -0.05) is 20.8 Å². The van der Waals surface area contributed by atoms with Crippen LogP contribution in [-0.2, 0) is 25.8 Å². The number of hydrogen-bond donors (Lipinski definition) is 1. The average Bonchev–Trinajstić information content (AvgIpc) is 3.33. The maximum absolute atomic E-state index is 4.66. The number of nitrogens with one attached hydrogen (secondary N) is 1. The van der Waals surface area contributed by atoms with Gasteiger partial charge in [-0.05, 0) is 43.1 Å². The molecule has 1 aliphatic carbocycles. The fourth-order valence-electron chi connectivity index (χ4n) is 4.46. The average molecular weight is 383 g/mol. The minimum atomic E-state index is 0.0977. The van der Waals surface area contributed by atoms with Crippen molar-refractivity contribution >= 4 is 27.4 Å². The first kappa shape index (κ1) is 17.1. The van der Waals surface area contributed by atoms with Gasteiger partial charge in [0.2, 0.25) is 0 Å². The summed E-state index contributed by atoms with van der Waals surface area (Å²) in [5.74, 6) is 4.27. The van der Waals surface area contributed by atoms with E-state index in [2.05, 4.69) is 50.8 Å². The van der Waals surface area contributed by atoms with Crippen LogP contribution in [0.15, 0.2) is 6.33 Å². The van der Waals surface area contributed by atoms with Crippen LogP contribution < -0.4 is 5.32 Å². The van der Waals surface area contributed by atoms with Crippen LogP contribution in [0.2, 0.25) is 0 Å². The molecule has 1 aliphatic heterocycles. The molecule has 1 N–H and O–H groups in total. The van der Waals surface area contributed by atoms with Gasteiger partial charge in [0.25, 0.3) is 0 Å². The van der Waals surface area contributed by atoms with Crippen LogP contribution in [0.25, 0.3) is 10.2 Å². The van der Waals surface area contributed by atoms with Gasteiger partial charge < -0.3 is 9.88 Å². The molecule has 2 atom stereocenters. The van der Waals surface area contributed by atoms with Gasteiger partial charge in [-0.2, -0.15) is 0 Å². The molecule has 0 bridgehead atoms. The molecule has 7 heteroatoms. The van der Waals surface area contributed by atoms with Crippen molar-refractivity contribution in [2.45, 2.75) is 65.5 Å². The predicted octanol–water partition coefficient (Wildman–Crippen LogP) is 4.16. The molecule has 0 aromatic carbocycles. The van der Waals surface area contributed by atoms with E-state index in [4.69, 9.17) is 0 Å². The molecular weight excluding hydrogens is 356 g/mol. The number of nitrogens with zero attached hydrogens (tertiary/aromatic N) is 5. The molecule has 0 spiro atoms. The van der Waals surface area contributed by atoms with E-state index in [1.165, 1.54) is 28.7 Å². The first-order valence-corrected chi connectivity index (χ1v) is 10.9. The van der Waals surface area contributed by atoms with Crippen molar-refractivity contribution in [1.82, 2.24) is 24.7 Å². The SMILES string of the molecule is CC1CCc2c(sc3ncnc(NC(c4nnc5n4CCC5)C(C)C)c23)C1. The number of anilines is 1. The Morgan fingerprint density at radius 3 is 2.96 bits per heavy atom. The smallest absolute Gasteiger partial charge is 0.155 e. The van der Waals surface area contributed by atoms with Gasteiger partial charge in [0.1, 0.15) is 22.8 Å². The molecule has 6 nitrogen and oxygen atoms in total. The van der Waals surface area contributed by atoms with E-state index in [9.17, 15) is 0 Å². The van der Waals surface area contributed by atoms with Gasteiger partial charge in [0.05, 0.1) is 11.4 Å². The normalized spacial score (nSPS) is 20.1. The predicted molar refractivity (Wildman–Crippen MR) is 108 cm³/mol. The van der Waals surface area contributed by atoms with Crippen molar-refractivity contribution in [3.8, 4) is 0 Å². The van der Waals surface area contributed by atoms with Crippen molar-refractivity contribution in [1.29, 1.82) is 0 Å². The monoisotopic (exact) mass is 382 g/mol. The fourth-order valence-corrected chi connectivity index (χ4v) is 5.81. The summed E-state index contributed by atoms with van der Waals surface area (Å²) in [6.07, 6.45) is 7.44. The van der Waals surface area contributed by atoms with Crippen LogP contribution in [-0.4, -0.2) is 24.7 Å². The van der Waals surface area contributed by atoms with Crippen molar-refractivity contribution in [3.05, 3.63) is 28.4 Å². The standard InChI is InChI=1S/C20H26N6S/c1-11(2)17(19-25-24-15-5-4-8-26(15)19)23-18-16-13-7-6-12(3)9-14(13)27-20(16)22-10-21-18/h10-12,17H,4-9H2,1-3H3,(H,21,22,23). The molecule has 2 unspecified atom stereocenters. The molecule has 2 aliphatic rings. The lowest BCUT2D eigenvalue weighted by atomic mass is 9.89. The molecule has 3 aromatic heterocycles. The summed E-state index contributed by atoms with van der Waals surface area (Å²) in [6.45, 7) is 7.83. The second-order valence-electron chi connectivity index (χ2n) is 8.35. The number of hydrogen-bond acceptors (Lipinski definition) is 6. The molecule has 0 fully saturated rings. The van der Waals surface area contributed by atoms with E-state index in [-0.39, 0.29) is 6.04 Å². The quantitative estimate of drug-likeness (QED) is 0.734. The van der Waals surface area contributed by atoms with Crippen molar-refractivity contribution in [3.63, 3.8) is 0 Å². The van der Waals surface area contributed by atoms with Gasteiger partial charge in [0, 0.05) is 17.8 Å². The summed E-state index contributed by atoms with van der Waals surface area (Å²) >= 11 is 1.85. The Labute approximate surface area is 163 Å². The molecule has 5 rings (SSSR count). The number of aromatic nitrogens is 5. The molecule has 0 radical (unpaired) electrons. The summed E-state index contributed by atoms with van der Waals surface area (Å²) in [6, 6.07) is 0.0977. The highest BCUT2D eigenvalue weighted by Gasteiger charge is 2.29. The highest BCUT2D eigenvalue weighted by molar-refractivity contribution is 7.19. The first-order chi connectivity index (χ1) is 13.1. The third-order valence-electron chi connectivity index (χ3n) is 5.97. The molecule has 0 saturated carbocycles. The lowest BCUT2D eigenvalue weighted by molar-refractivity contribution is 0.495. The number of aryl methyl sites for hydroxylation is 2. The third-order valence-corrected chi connectivity index (χ3v) is 7.13. The first-order valence-electron chi connectivity index (χ1n) is 10.1. The zero-order chi connectivity index (χ0) is 18.5. The zero-order valence-corrected chi connectivity index (χ0v) is 17.0. The molecule has 0 amide bonds. The highest BCUT2D eigenvalue weighted by atomic mass is 32.1. The van der Waals surface area contributed by atoms with Crippen molar-refractivity contribution < 1.29 is 0 Å². The summed E-state index contributed by atoms with van der Waals surface area (Å²) in [5.41, 5.74) is 1.46. The molecule has 27 heavy (non-hydrogen) atoms. The maximum Gasteiger partial charge on any atom is 0.155 e. The molecule has 142 valence electrons. The van der Waals surface area contributed by atoms with Crippen molar-refractivity contribution in [2.24, 2.45) is 11.8 Å². The third kappa shape index (κ3) is 2.83. The van der Waals surface area contributed by atoms with Gasteiger partial charge in [-0.25, -0.2) is 9.97 Å². The Kier molecular flexibility index (Phi) is 4.15. The molecule has 0 saturated heterocycles. The van der Waals surface area contributed by atoms with Gasteiger partial charge >= 0.3 is 0 Å². The van der Waals surface area contributed by atoms with E-state index < -0.39 is 0 Å². The van der Waals surface area contributed by atoms with E-state index in [0.717, 1.165) is 54.0 Å². The lowest BCUT2D eigenvalue weighted by Gasteiger charge is -2.23. The van der Waals surface area contributed by atoms with Crippen LogP contribution in [0, 0.1) is 11.8 Å². The van der Waals surface area contributed by atoms with E-state index in [1.807, 2.05) is 11.3 Å². The molecular formula is C20H26N6S. The second-order valence-corrected chi connectivity index (χ2v) is 9.43. The summed E-state index contributed by atoms with van der Waals surface area (Å²) < 4.78 is 2.29. The van der Waals surface area contributed by atoms with Crippen LogP contribution in [0.1, 0.15) is 61.7 Å². The summed E-state index contributed by atoms with van der Waals surface area (Å²) in [7, 11) is 0. The van der Waals surface area contributed by atoms with E-state index in [1.54, 1.807) is 6.33 Å². The van der Waals surface area contributed by atoms with Crippen LogP contribution in [0.3, 0.4) is 0 Å². The number of fused-ring (bicyclic) bond motifs is 4. The Morgan fingerprint density at radius 2 is 2.11 bits per heavy atom. The molecule has 3 aromatic rings. The Balaban J connectivity index is 1.56. The van der Waals surface area contributed by atoms with Crippen LogP contribution >= 0.6 is 11.3 Å². The lowest BCUT2D eigenvalue weighted by Crippen LogP contribution is -2.22. The van der Waals surface area contributed by atoms with Crippen LogP contribution in [0.4, 0.5) is 5.82 Å². The largest absolute Gasteiger partial charge is 0.359 e. The van der Waals surface area contributed by atoms with Gasteiger partial charge in [-0.15, -0.1) is 21.5 Å². The zero-order valence-electron chi connectivity index (χ0n) is 16.2. The maximum atomic E-state index is 4.66. The topological polar surface area (TPSA) is 68.5 Å². The Hall–Kier alpha value is -2.02. The number of rotatable bonds is 4. The second kappa shape index (κ2) is 6.55. The number of thiophene rings is 1. The van der Waals surface area contributed by atoms with E-state index in [0.29, 0.717) is 5.92 Å². The minimum Gasteiger partial charge on any atom is -0.359 e. The summed E-state index contributed by atoms with van der Waals surface area (Å²) in [4.78, 5) is 11.8. The van der Waals surface area contributed by atoms with Crippen molar-refractivity contribution in [2.75, 3.05) is 5.32 Å². The Morgan fingerprint density at radius 1 is 1.22 bits per heavy atom. The van der Waals surface area contributed by atoms with E-state index >= 15 is 0 Å². The Bertz CT molecular complexity index is 988. The fraction of sp³-hybridized carbons (Fsp3) is 0.600. The van der Waals surface area contributed by atoms with Crippen LogP contribution in [0.5, 0.6) is 0 Å².